The number of ether oxygens (including phenoxy) is 1. The number of rotatable bonds is 4. The van der Waals surface area contributed by atoms with Gasteiger partial charge in [-0.2, -0.15) is 0 Å². The van der Waals surface area contributed by atoms with Gasteiger partial charge in [0, 0.05) is 25.2 Å². The van der Waals surface area contributed by atoms with Crippen LogP contribution in [0.4, 0.5) is 4.79 Å². The number of nitrogens with one attached hydrogen (secondary N) is 1. The van der Waals surface area contributed by atoms with E-state index in [2.05, 4.69) is 5.32 Å². The summed E-state index contributed by atoms with van der Waals surface area (Å²) >= 11 is 0. The van der Waals surface area contributed by atoms with E-state index in [9.17, 15) is 9.90 Å². The van der Waals surface area contributed by atoms with Gasteiger partial charge in [0.1, 0.15) is 5.60 Å². The molecule has 1 heterocycles. The second-order valence-corrected chi connectivity index (χ2v) is 8.28. The van der Waals surface area contributed by atoms with Crippen LogP contribution in [0.3, 0.4) is 0 Å². The van der Waals surface area contributed by atoms with Gasteiger partial charge in [-0.3, -0.25) is 0 Å². The second-order valence-electron chi connectivity index (χ2n) is 8.28. The fraction of sp³-hybridized carbons (Fsp3) is 0.944. The molecule has 0 aromatic rings. The predicted molar refractivity (Wildman–Crippen MR) is 91.3 cm³/mol. The summed E-state index contributed by atoms with van der Waals surface area (Å²) in [6.45, 7) is 9.42. The minimum atomic E-state index is -0.444. The van der Waals surface area contributed by atoms with Crippen molar-refractivity contribution in [3.8, 4) is 0 Å². The minimum Gasteiger partial charge on any atom is -0.444 e. The Labute approximate surface area is 140 Å². The first-order chi connectivity index (χ1) is 10.8. The van der Waals surface area contributed by atoms with Gasteiger partial charge in [0.25, 0.3) is 0 Å². The molecule has 5 nitrogen and oxygen atoms in total. The van der Waals surface area contributed by atoms with Crippen LogP contribution in [0.25, 0.3) is 0 Å². The van der Waals surface area contributed by atoms with Crippen LogP contribution in [0.2, 0.25) is 0 Å². The van der Waals surface area contributed by atoms with E-state index in [1.807, 2.05) is 32.6 Å². The van der Waals surface area contributed by atoms with Gasteiger partial charge in [-0.1, -0.05) is 25.7 Å². The van der Waals surface area contributed by atoms with E-state index < -0.39 is 5.60 Å². The van der Waals surface area contributed by atoms with Crippen LogP contribution < -0.4 is 5.32 Å². The highest BCUT2D eigenvalue weighted by Gasteiger charge is 2.38. The van der Waals surface area contributed by atoms with Gasteiger partial charge >= 0.3 is 6.09 Å². The van der Waals surface area contributed by atoms with E-state index in [-0.39, 0.29) is 18.7 Å². The SMILES string of the molecule is CC(CO)NC1CCN(C(=O)OC(C)(C)C)CC1C1CCCC1. The molecule has 0 bridgehead atoms. The van der Waals surface area contributed by atoms with E-state index in [0.717, 1.165) is 19.5 Å². The molecule has 1 amide bonds. The average molecular weight is 326 g/mol. The average Bonchev–Trinajstić information content (AvgIpc) is 2.99. The monoisotopic (exact) mass is 326 g/mol. The summed E-state index contributed by atoms with van der Waals surface area (Å²) in [5.41, 5.74) is -0.444. The zero-order valence-corrected chi connectivity index (χ0v) is 15.2. The summed E-state index contributed by atoms with van der Waals surface area (Å²) in [4.78, 5) is 14.3. The molecule has 0 radical (unpaired) electrons. The van der Waals surface area contributed by atoms with Crippen molar-refractivity contribution in [3.63, 3.8) is 0 Å². The molecule has 1 aliphatic carbocycles. The molecule has 3 unspecified atom stereocenters. The zero-order chi connectivity index (χ0) is 17.0. The lowest BCUT2D eigenvalue weighted by Gasteiger charge is -2.43. The molecule has 1 saturated heterocycles. The number of carbonyl (C=O) groups is 1. The Hall–Kier alpha value is -0.810. The maximum absolute atomic E-state index is 12.4. The third-order valence-electron chi connectivity index (χ3n) is 5.09. The van der Waals surface area contributed by atoms with Crippen molar-refractivity contribution in [3.05, 3.63) is 0 Å². The molecule has 0 spiro atoms. The molecule has 5 heteroatoms. The number of nitrogens with zero attached hydrogens (tertiary/aromatic N) is 1. The number of likely N-dealkylation sites (tertiary alicyclic amines) is 1. The molecule has 2 N–H and O–H groups in total. The largest absolute Gasteiger partial charge is 0.444 e. The molecule has 134 valence electrons. The first-order valence-corrected chi connectivity index (χ1v) is 9.15. The lowest BCUT2D eigenvalue weighted by atomic mass is 9.80. The highest BCUT2D eigenvalue weighted by Crippen LogP contribution is 2.36. The number of piperidine rings is 1. The third-order valence-corrected chi connectivity index (χ3v) is 5.09. The Kier molecular flexibility index (Phi) is 6.32. The number of carbonyl (C=O) groups excluding carboxylic acids is 1. The predicted octanol–water partition coefficient (Wildman–Crippen LogP) is 2.77. The third kappa shape index (κ3) is 5.35. The molecule has 0 aromatic carbocycles. The van der Waals surface area contributed by atoms with Crippen LogP contribution in [0, 0.1) is 11.8 Å². The van der Waals surface area contributed by atoms with Gasteiger partial charge in [-0.15, -0.1) is 0 Å². The summed E-state index contributed by atoms with van der Waals surface area (Å²) in [6, 6.07) is 0.496. The topological polar surface area (TPSA) is 61.8 Å². The number of hydrogen-bond donors (Lipinski definition) is 2. The Morgan fingerprint density at radius 1 is 1.30 bits per heavy atom. The molecule has 1 aliphatic heterocycles. The Morgan fingerprint density at radius 3 is 2.52 bits per heavy atom. The summed E-state index contributed by atoms with van der Waals surface area (Å²) in [5.74, 6) is 1.15. The molecular weight excluding hydrogens is 292 g/mol. The molecule has 1 saturated carbocycles. The maximum atomic E-state index is 12.4. The summed E-state index contributed by atoms with van der Waals surface area (Å²) in [6.07, 6.45) is 5.88. The molecule has 2 aliphatic rings. The van der Waals surface area contributed by atoms with Gasteiger partial charge in [0.15, 0.2) is 0 Å². The van der Waals surface area contributed by atoms with Crippen molar-refractivity contribution in [2.24, 2.45) is 11.8 Å². The quantitative estimate of drug-likeness (QED) is 0.834. The summed E-state index contributed by atoms with van der Waals surface area (Å²) in [7, 11) is 0. The van der Waals surface area contributed by atoms with Crippen LogP contribution in [0.1, 0.15) is 59.8 Å². The first kappa shape index (κ1) is 18.5. The summed E-state index contributed by atoms with van der Waals surface area (Å²) in [5, 5.41) is 12.9. The second kappa shape index (κ2) is 7.84. The van der Waals surface area contributed by atoms with Crippen molar-refractivity contribution >= 4 is 6.09 Å². The van der Waals surface area contributed by atoms with Crippen LogP contribution in [0.5, 0.6) is 0 Å². The maximum Gasteiger partial charge on any atom is 0.410 e. The lowest BCUT2D eigenvalue weighted by Crippen LogP contribution is -2.55. The highest BCUT2D eigenvalue weighted by atomic mass is 16.6. The molecule has 23 heavy (non-hydrogen) atoms. The lowest BCUT2D eigenvalue weighted by molar-refractivity contribution is 0.00708. The molecule has 3 atom stereocenters. The standard InChI is InChI=1S/C18H34N2O3/c1-13(12-21)19-16-9-10-20(17(22)23-18(2,3)4)11-15(16)14-7-5-6-8-14/h13-16,19,21H,5-12H2,1-4H3. The van der Waals surface area contributed by atoms with Crippen LogP contribution in [-0.2, 0) is 4.74 Å². The zero-order valence-electron chi connectivity index (χ0n) is 15.2. The van der Waals surface area contributed by atoms with E-state index >= 15 is 0 Å². The summed E-state index contributed by atoms with van der Waals surface area (Å²) < 4.78 is 5.55. The number of aliphatic hydroxyl groups excluding tert-OH is 1. The van der Waals surface area contributed by atoms with Crippen LogP contribution >= 0.6 is 0 Å². The fourth-order valence-electron chi connectivity index (χ4n) is 3.96. The van der Waals surface area contributed by atoms with Crippen LogP contribution in [-0.4, -0.2) is 53.5 Å². The minimum absolute atomic E-state index is 0.108. The smallest absolute Gasteiger partial charge is 0.410 e. The van der Waals surface area contributed by atoms with Gasteiger partial charge in [0.2, 0.25) is 0 Å². The van der Waals surface area contributed by atoms with Crippen molar-refractivity contribution < 1.29 is 14.6 Å². The van der Waals surface area contributed by atoms with Gasteiger partial charge in [0.05, 0.1) is 6.61 Å². The molecule has 2 fully saturated rings. The van der Waals surface area contributed by atoms with E-state index in [0.29, 0.717) is 17.9 Å². The van der Waals surface area contributed by atoms with Gasteiger partial charge in [-0.05, 0) is 46.0 Å². The molecule has 0 aromatic heterocycles. The van der Waals surface area contributed by atoms with E-state index in [1.165, 1.54) is 25.7 Å². The molecule has 2 rings (SSSR count). The highest BCUT2D eigenvalue weighted by molar-refractivity contribution is 5.68. The number of aliphatic hydroxyl groups is 1. The number of amides is 1. The van der Waals surface area contributed by atoms with Gasteiger partial charge < -0.3 is 20.1 Å². The van der Waals surface area contributed by atoms with E-state index in [4.69, 9.17) is 4.74 Å². The Balaban J connectivity index is 2.01. The molecular formula is C18H34N2O3. The van der Waals surface area contributed by atoms with Crippen molar-refractivity contribution in [1.29, 1.82) is 0 Å². The Morgan fingerprint density at radius 2 is 1.96 bits per heavy atom. The van der Waals surface area contributed by atoms with Crippen LogP contribution in [0.15, 0.2) is 0 Å². The first-order valence-electron chi connectivity index (χ1n) is 9.15. The van der Waals surface area contributed by atoms with Gasteiger partial charge in [-0.25, -0.2) is 4.79 Å². The fourth-order valence-corrected chi connectivity index (χ4v) is 3.96. The normalized spacial score (nSPS) is 28.0. The van der Waals surface area contributed by atoms with Crippen molar-refractivity contribution in [2.75, 3.05) is 19.7 Å². The van der Waals surface area contributed by atoms with Crippen molar-refractivity contribution in [2.45, 2.75) is 77.5 Å². The van der Waals surface area contributed by atoms with Crippen molar-refractivity contribution in [1.82, 2.24) is 10.2 Å². The van der Waals surface area contributed by atoms with E-state index in [1.54, 1.807) is 0 Å². The number of hydrogen-bond acceptors (Lipinski definition) is 4. The Bertz CT molecular complexity index is 388.